The monoisotopic (exact) mass is 151 g/mol. The van der Waals surface area contributed by atoms with Crippen molar-refractivity contribution in [2.45, 2.75) is 39.7 Å². The zero-order valence-electron chi connectivity index (χ0n) is 6.55. The summed E-state index contributed by atoms with van der Waals surface area (Å²) in [6.45, 7) is 6.46. The van der Waals surface area contributed by atoms with Crippen LogP contribution in [0.2, 0.25) is 0 Å². The van der Waals surface area contributed by atoms with Crippen LogP contribution < -0.4 is 5.73 Å². The van der Waals surface area contributed by atoms with Gasteiger partial charge in [-0.3, -0.25) is 0 Å². The van der Waals surface area contributed by atoms with Gasteiger partial charge in [0.2, 0.25) is 0 Å². The van der Waals surface area contributed by atoms with Crippen LogP contribution in [0.1, 0.15) is 33.6 Å². The first kappa shape index (κ1) is 12.0. The van der Waals surface area contributed by atoms with E-state index >= 15 is 0 Å². The Morgan fingerprint density at radius 2 is 1.56 bits per heavy atom. The van der Waals surface area contributed by atoms with E-state index in [2.05, 4.69) is 20.8 Å². The lowest BCUT2D eigenvalue weighted by Gasteiger charge is -2.15. The molecule has 0 heterocycles. The lowest BCUT2D eigenvalue weighted by Crippen LogP contribution is -2.25. The minimum absolute atomic E-state index is 0. The number of hydrogen-bond donors (Lipinski definition) is 1. The van der Waals surface area contributed by atoms with Crippen LogP contribution in [0.15, 0.2) is 0 Å². The van der Waals surface area contributed by atoms with Crippen molar-refractivity contribution in [1.82, 2.24) is 0 Å². The van der Waals surface area contributed by atoms with Crippen molar-refractivity contribution in [3.63, 3.8) is 0 Å². The van der Waals surface area contributed by atoms with Crippen LogP contribution in [0.4, 0.5) is 0 Å². The summed E-state index contributed by atoms with van der Waals surface area (Å²) in [6, 6.07) is 0.380. The van der Waals surface area contributed by atoms with Crippen molar-refractivity contribution in [2.75, 3.05) is 0 Å². The fraction of sp³-hybridized carbons (Fsp3) is 1.00. The van der Waals surface area contributed by atoms with Crippen LogP contribution in [0.25, 0.3) is 0 Å². The molecule has 1 atom stereocenters. The summed E-state index contributed by atoms with van der Waals surface area (Å²) in [5, 5.41) is 0. The lowest BCUT2D eigenvalue weighted by molar-refractivity contribution is 0.417. The summed E-state index contributed by atoms with van der Waals surface area (Å²) < 4.78 is 0. The second-order valence-corrected chi connectivity index (χ2v) is 2.44. The van der Waals surface area contributed by atoms with Crippen molar-refractivity contribution in [1.29, 1.82) is 0 Å². The van der Waals surface area contributed by atoms with E-state index in [0.29, 0.717) is 6.04 Å². The summed E-state index contributed by atoms with van der Waals surface area (Å²) in [5.41, 5.74) is 5.66. The van der Waals surface area contributed by atoms with E-state index in [1.54, 1.807) is 0 Å². The van der Waals surface area contributed by atoms with Gasteiger partial charge in [-0.05, 0) is 12.8 Å². The maximum Gasteiger partial charge on any atom is 0.00385 e. The van der Waals surface area contributed by atoms with E-state index < -0.39 is 0 Å². The van der Waals surface area contributed by atoms with Crippen molar-refractivity contribution in [3.05, 3.63) is 0 Å². The van der Waals surface area contributed by atoms with Crippen LogP contribution in [-0.4, -0.2) is 6.04 Å². The number of halogens is 1. The van der Waals surface area contributed by atoms with Gasteiger partial charge in [-0.15, -0.1) is 12.4 Å². The second-order valence-electron chi connectivity index (χ2n) is 2.44. The summed E-state index contributed by atoms with van der Waals surface area (Å²) >= 11 is 0. The van der Waals surface area contributed by atoms with Crippen LogP contribution in [0, 0.1) is 5.92 Å². The molecule has 1 nitrogen and oxygen atoms in total. The van der Waals surface area contributed by atoms with Gasteiger partial charge in [-0.1, -0.05) is 26.7 Å². The first-order valence-corrected chi connectivity index (χ1v) is 3.47. The van der Waals surface area contributed by atoms with Crippen molar-refractivity contribution in [3.8, 4) is 0 Å². The summed E-state index contributed by atoms with van der Waals surface area (Å²) in [7, 11) is 0. The molecule has 0 amide bonds. The first-order chi connectivity index (χ1) is 3.72. The van der Waals surface area contributed by atoms with Crippen molar-refractivity contribution in [2.24, 2.45) is 11.7 Å². The molecule has 0 aromatic heterocycles. The molecule has 9 heavy (non-hydrogen) atoms. The summed E-state index contributed by atoms with van der Waals surface area (Å²) in [6.07, 6.45) is 2.43. The molecule has 0 spiro atoms. The predicted octanol–water partition coefficient (Wildman–Crippen LogP) is 2.19. The Balaban J connectivity index is 0. The van der Waals surface area contributed by atoms with E-state index in [1.807, 2.05) is 0 Å². The second kappa shape index (κ2) is 6.37. The number of rotatable bonds is 3. The third-order valence-electron chi connectivity index (χ3n) is 1.79. The summed E-state index contributed by atoms with van der Waals surface area (Å²) in [5.74, 6) is 0.731. The van der Waals surface area contributed by atoms with E-state index in [1.165, 1.54) is 12.8 Å². The average Bonchev–Trinajstić information content (AvgIpc) is 1.69. The van der Waals surface area contributed by atoms with Gasteiger partial charge in [0, 0.05) is 6.04 Å². The number of nitrogens with two attached hydrogens (primary N) is 1. The van der Waals surface area contributed by atoms with Gasteiger partial charge in [0.25, 0.3) is 0 Å². The SMILES string of the molecule is CCC(CC)C(C)N.Cl. The van der Waals surface area contributed by atoms with Gasteiger partial charge in [0.15, 0.2) is 0 Å². The van der Waals surface area contributed by atoms with Crippen LogP contribution in [0.5, 0.6) is 0 Å². The van der Waals surface area contributed by atoms with Gasteiger partial charge in [0.1, 0.15) is 0 Å². The Labute approximate surface area is 64.4 Å². The molecule has 0 aliphatic carbocycles. The topological polar surface area (TPSA) is 26.0 Å². The fourth-order valence-corrected chi connectivity index (χ4v) is 1.03. The fourth-order valence-electron chi connectivity index (χ4n) is 1.03. The third kappa shape index (κ3) is 4.73. The van der Waals surface area contributed by atoms with Gasteiger partial charge in [0.05, 0.1) is 0 Å². The van der Waals surface area contributed by atoms with E-state index in [4.69, 9.17) is 5.73 Å². The molecule has 0 aromatic carbocycles. The molecule has 0 aliphatic rings. The molecular formula is C7H18ClN. The van der Waals surface area contributed by atoms with Gasteiger partial charge in [-0.2, -0.15) is 0 Å². The van der Waals surface area contributed by atoms with Crippen molar-refractivity contribution >= 4 is 12.4 Å². The largest absolute Gasteiger partial charge is 0.328 e. The highest BCUT2D eigenvalue weighted by atomic mass is 35.5. The zero-order chi connectivity index (χ0) is 6.57. The molecule has 58 valence electrons. The molecule has 1 unspecified atom stereocenters. The zero-order valence-corrected chi connectivity index (χ0v) is 7.37. The van der Waals surface area contributed by atoms with Crippen LogP contribution in [-0.2, 0) is 0 Å². The Hall–Kier alpha value is 0.250. The van der Waals surface area contributed by atoms with Crippen LogP contribution >= 0.6 is 12.4 Å². The lowest BCUT2D eigenvalue weighted by atomic mass is 9.97. The number of hydrogen-bond acceptors (Lipinski definition) is 1. The van der Waals surface area contributed by atoms with E-state index in [0.717, 1.165) is 5.92 Å². The van der Waals surface area contributed by atoms with Crippen molar-refractivity contribution < 1.29 is 0 Å². The van der Waals surface area contributed by atoms with Gasteiger partial charge in [-0.25, -0.2) is 0 Å². The standard InChI is InChI=1S/C7H17N.ClH/c1-4-7(5-2)6(3)8;/h6-7H,4-5,8H2,1-3H3;1H. The van der Waals surface area contributed by atoms with E-state index in [-0.39, 0.29) is 12.4 Å². The minimum atomic E-state index is 0. The normalized spacial score (nSPS) is 13.0. The molecule has 0 bridgehead atoms. The maximum atomic E-state index is 5.66. The quantitative estimate of drug-likeness (QED) is 0.658. The van der Waals surface area contributed by atoms with Gasteiger partial charge < -0.3 is 5.73 Å². The smallest absolute Gasteiger partial charge is 0.00385 e. The maximum absolute atomic E-state index is 5.66. The highest BCUT2D eigenvalue weighted by molar-refractivity contribution is 5.85. The Kier molecular flexibility index (Phi) is 8.48. The Morgan fingerprint density at radius 3 is 1.56 bits per heavy atom. The summed E-state index contributed by atoms with van der Waals surface area (Å²) in [4.78, 5) is 0. The first-order valence-electron chi connectivity index (χ1n) is 3.47. The Morgan fingerprint density at radius 1 is 1.22 bits per heavy atom. The molecule has 0 saturated heterocycles. The molecule has 0 aromatic rings. The van der Waals surface area contributed by atoms with Gasteiger partial charge >= 0.3 is 0 Å². The highest BCUT2D eigenvalue weighted by Crippen LogP contribution is 2.09. The molecule has 0 aliphatic heterocycles. The third-order valence-corrected chi connectivity index (χ3v) is 1.79. The average molecular weight is 152 g/mol. The van der Waals surface area contributed by atoms with E-state index in [9.17, 15) is 0 Å². The molecule has 0 saturated carbocycles. The molecular weight excluding hydrogens is 134 g/mol. The molecule has 0 rings (SSSR count). The highest BCUT2D eigenvalue weighted by Gasteiger charge is 2.06. The molecule has 2 N–H and O–H groups in total. The molecule has 0 fully saturated rings. The predicted molar refractivity (Wildman–Crippen MR) is 45.0 cm³/mol. The van der Waals surface area contributed by atoms with Crippen LogP contribution in [0.3, 0.4) is 0 Å². The molecule has 0 radical (unpaired) electrons. The minimum Gasteiger partial charge on any atom is -0.328 e. The molecule has 2 heteroatoms. The Bertz CT molecular complexity index is 50.9.